The Kier molecular flexibility index (Phi) is 5.42. The summed E-state index contributed by atoms with van der Waals surface area (Å²) in [6, 6.07) is 0.205. The Morgan fingerprint density at radius 2 is 2.39 bits per heavy atom. The first kappa shape index (κ1) is 15.7. The van der Waals surface area contributed by atoms with Crippen molar-refractivity contribution in [3.05, 3.63) is 11.2 Å². The van der Waals surface area contributed by atoms with Gasteiger partial charge in [-0.05, 0) is 19.4 Å². The van der Waals surface area contributed by atoms with Crippen LogP contribution in [0.1, 0.15) is 12.8 Å². The average molecular weight is 315 g/mol. The van der Waals surface area contributed by atoms with Gasteiger partial charge in [0.05, 0.1) is 11.2 Å². The zero-order valence-electron chi connectivity index (χ0n) is 9.89. The molecule has 0 saturated carbocycles. The summed E-state index contributed by atoms with van der Waals surface area (Å²) < 4.78 is 27.8. The molecule has 104 valence electrons. The molecule has 18 heavy (non-hydrogen) atoms. The molecule has 1 aliphatic heterocycles. The summed E-state index contributed by atoms with van der Waals surface area (Å²) in [7, 11) is -2.04. The number of hydrogen-bond donors (Lipinski definition) is 2. The van der Waals surface area contributed by atoms with Crippen LogP contribution in [0, 0.1) is 0 Å². The first-order chi connectivity index (χ1) is 8.00. The third-order valence-electron chi connectivity index (χ3n) is 2.78. The van der Waals surface area contributed by atoms with Crippen LogP contribution >= 0.6 is 24.0 Å². The van der Waals surface area contributed by atoms with Gasteiger partial charge in [0.15, 0.2) is 5.03 Å². The topological polar surface area (TPSA) is 76.0 Å². The summed E-state index contributed by atoms with van der Waals surface area (Å²) in [6.07, 6.45) is 3.39. The Hall–Kier alpha value is -0.340. The van der Waals surface area contributed by atoms with Crippen molar-refractivity contribution in [2.24, 2.45) is 7.05 Å². The lowest BCUT2D eigenvalue weighted by molar-refractivity contribution is 0.540. The Bertz CT molecular complexity index is 477. The predicted molar refractivity (Wildman–Crippen MR) is 71.7 cm³/mol. The molecule has 0 aromatic carbocycles. The van der Waals surface area contributed by atoms with Crippen molar-refractivity contribution in [2.75, 3.05) is 13.1 Å². The minimum atomic E-state index is -3.59. The molecule has 0 spiro atoms. The van der Waals surface area contributed by atoms with E-state index in [-0.39, 0.29) is 28.5 Å². The maximum atomic E-state index is 12.0. The number of rotatable bonds is 4. The molecular weight excluding hydrogens is 299 g/mol. The van der Waals surface area contributed by atoms with Crippen molar-refractivity contribution < 1.29 is 8.42 Å². The predicted octanol–water partition coefficient (Wildman–Crippen LogP) is 0.526. The van der Waals surface area contributed by atoms with E-state index in [1.165, 1.54) is 10.9 Å². The van der Waals surface area contributed by atoms with Crippen LogP contribution in [0.2, 0.25) is 5.02 Å². The molecule has 1 unspecified atom stereocenters. The van der Waals surface area contributed by atoms with Crippen molar-refractivity contribution in [3.8, 4) is 0 Å². The minimum absolute atomic E-state index is 0. The fourth-order valence-corrected chi connectivity index (χ4v) is 3.64. The van der Waals surface area contributed by atoms with Crippen LogP contribution in [-0.4, -0.2) is 37.3 Å². The molecule has 1 aromatic rings. The third kappa shape index (κ3) is 3.36. The molecule has 1 fully saturated rings. The zero-order valence-corrected chi connectivity index (χ0v) is 12.3. The maximum absolute atomic E-state index is 12.0. The molecule has 2 rings (SSSR count). The Balaban J connectivity index is 0.00000162. The second-order valence-electron chi connectivity index (χ2n) is 4.07. The number of hydrogen-bond acceptors (Lipinski definition) is 4. The van der Waals surface area contributed by atoms with Crippen molar-refractivity contribution in [3.63, 3.8) is 0 Å². The summed E-state index contributed by atoms with van der Waals surface area (Å²) in [5.74, 6) is 0. The molecule has 0 amide bonds. The fourth-order valence-electron chi connectivity index (χ4n) is 1.91. The summed E-state index contributed by atoms with van der Waals surface area (Å²) in [5, 5.41) is 7.18. The van der Waals surface area contributed by atoms with E-state index in [0.29, 0.717) is 6.54 Å². The molecule has 1 saturated heterocycles. The Morgan fingerprint density at radius 3 is 2.89 bits per heavy atom. The normalized spacial score (nSPS) is 19.8. The van der Waals surface area contributed by atoms with Gasteiger partial charge >= 0.3 is 0 Å². The van der Waals surface area contributed by atoms with Gasteiger partial charge in [-0.1, -0.05) is 11.6 Å². The van der Waals surface area contributed by atoms with E-state index >= 15 is 0 Å². The molecule has 1 aromatic heterocycles. The molecule has 1 aliphatic rings. The molecule has 9 heteroatoms. The van der Waals surface area contributed by atoms with Gasteiger partial charge in [-0.25, -0.2) is 13.1 Å². The number of nitrogens with one attached hydrogen (secondary N) is 2. The van der Waals surface area contributed by atoms with Gasteiger partial charge in [0.25, 0.3) is 10.0 Å². The highest BCUT2D eigenvalue weighted by Crippen LogP contribution is 2.19. The highest BCUT2D eigenvalue weighted by Gasteiger charge is 2.24. The molecule has 2 heterocycles. The maximum Gasteiger partial charge on any atom is 0.259 e. The summed E-state index contributed by atoms with van der Waals surface area (Å²) in [6.45, 7) is 1.32. The third-order valence-corrected chi connectivity index (χ3v) is 4.71. The number of aromatic nitrogens is 2. The Morgan fingerprint density at radius 1 is 1.67 bits per heavy atom. The number of halogens is 2. The zero-order chi connectivity index (χ0) is 12.5. The highest BCUT2D eigenvalue weighted by atomic mass is 35.5. The summed E-state index contributed by atoms with van der Waals surface area (Å²) in [5.41, 5.74) is 0. The highest BCUT2D eigenvalue weighted by molar-refractivity contribution is 7.89. The van der Waals surface area contributed by atoms with Crippen LogP contribution in [0.5, 0.6) is 0 Å². The smallest absolute Gasteiger partial charge is 0.259 e. The van der Waals surface area contributed by atoms with Crippen molar-refractivity contribution in [1.29, 1.82) is 0 Å². The molecule has 0 bridgehead atoms. The van der Waals surface area contributed by atoms with E-state index in [4.69, 9.17) is 11.6 Å². The van der Waals surface area contributed by atoms with Gasteiger partial charge in [0.2, 0.25) is 0 Å². The van der Waals surface area contributed by atoms with Crippen LogP contribution in [0.25, 0.3) is 0 Å². The van der Waals surface area contributed by atoms with E-state index in [1.807, 2.05) is 0 Å². The standard InChI is InChI=1S/C9H15ClN4O2S.ClH/c1-14-9(8(10)6-12-14)17(15,16)13-5-7-3-2-4-11-7;/h6-7,11,13H,2-5H2,1H3;1H. The molecule has 1 atom stereocenters. The fraction of sp³-hybridized carbons (Fsp3) is 0.667. The van der Waals surface area contributed by atoms with Crippen molar-refractivity contribution in [1.82, 2.24) is 19.8 Å². The van der Waals surface area contributed by atoms with E-state index in [9.17, 15) is 8.42 Å². The SMILES string of the molecule is Cl.Cn1ncc(Cl)c1S(=O)(=O)NCC1CCCN1. The molecule has 0 radical (unpaired) electrons. The van der Waals surface area contributed by atoms with Gasteiger partial charge in [0.1, 0.15) is 0 Å². The van der Waals surface area contributed by atoms with Crippen LogP contribution in [-0.2, 0) is 17.1 Å². The van der Waals surface area contributed by atoms with Gasteiger partial charge < -0.3 is 5.32 Å². The largest absolute Gasteiger partial charge is 0.313 e. The van der Waals surface area contributed by atoms with E-state index in [1.54, 1.807) is 7.05 Å². The molecular formula is C9H16Cl2N4O2S. The quantitative estimate of drug-likeness (QED) is 0.850. The second kappa shape index (κ2) is 6.21. The minimum Gasteiger partial charge on any atom is -0.313 e. The summed E-state index contributed by atoms with van der Waals surface area (Å²) >= 11 is 5.81. The first-order valence-corrected chi connectivity index (χ1v) is 7.27. The van der Waals surface area contributed by atoms with Crippen molar-refractivity contribution in [2.45, 2.75) is 23.9 Å². The number of aryl methyl sites for hydroxylation is 1. The van der Waals surface area contributed by atoms with Gasteiger partial charge in [-0.2, -0.15) is 5.10 Å². The Labute approximate surface area is 118 Å². The van der Waals surface area contributed by atoms with Crippen LogP contribution in [0.4, 0.5) is 0 Å². The van der Waals surface area contributed by atoms with Crippen LogP contribution in [0.3, 0.4) is 0 Å². The second-order valence-corrected chi connectivity index (χ2v) is 6.16. The van der Waals surface area contributed by atoms with Gasteiger partial charge in [-0.15, -0.1) is 12.4 Å². The van der Waals surface area contributed by atoms with E-state index in [2.05, 4.69) is 15.1 Å². The van der Waals surface area contributed by atoms with Crippen LogP contribution in [0.15, 0.2) is 11.2 Å². The lowest BCUT2D eigenvalue weighted by Gasteiger charge is -2.12. The van der Waals surface area contributed by atoms with Gasteiger partial charge in [0, 0.05) is 19.6 Å². The van der Waals surface area contributed by atoms with Gasteiger partial charge in [-0.3, -0.25) is 4.68 Å². The lowest BCUT2D eigenvalue weighted by atomic mass is 10.2. The first-order valence-electron chi connectivity index (χ1n) is 5.41. The summed E-state index contributed by atoms with van der Waals surface area (Å²) in [4.78, 5) is 0. The lowest BCUT2D eigenvalue weighted by Crippen LogP contribution is -2.37. The monoisotopic (exact) mass is 314 g/mol. The molecule has 2 N–H and O–H groups in total. The average Bonchev–Trinajstić information content (AvgIpc) is 2.86. The van der Waals surface area contributed by atoms with E-state index < -0.39 is 10.0 Å². The molecule has 6 nitrogen and oxygen atoms in total. The number of sulfonamides is 1. The number of nitrogens with zero attached hydrogens (tertiary/aromatic N) is 2. The van der Waals surface area contributed by atoms with Crippen molar-refractivity contribution >= 4 is 34.0 Å². The van der Waals surface area contributed by atoms with Crippen LogP contribution < -0.4 is 10.0 Å². The van der Waals surface area contributed by atoms with E-state index in [0.717, 1.165) is 19.4 Å². The molecule has 0 aliphatic carbocycles.